The third kappa shape index (κ3) is 4.72. The summed E-state index contributed by atoms with van der Waals surface area (Å²) in [5.74, 6) is 0.866. The SMILES string of the molecule is CC(C)(C)c1cc(Sc2nnc(N3CCOCC3)s2)nc(C(C)(C)C)n1. The summed E-state index contributed by atoms with van der Waals surface area (Å²) in [6.07, 6.45) is 0. The van der Waals surface area contributed by atoms with Gasteiger partial charge in [0.25, 0.3) is 0 Å². The Balaban J connectivity index is 1.86. The highest BCUT2D eigenvalue weighted by molar-refractivity contribution is 8.01. The molecule has 0 aromatic carbocycles. The van der Waals surface area contributed by atoms with Crippen molar-refractivity contribution < 1.29 is 4.74 Å². The molecule has 26 heavy (non-hydrogen) atoms. The van der Waals surface area contributed by atoms with Gasteiger partial charge >= 0.3 is 0 Å². The number of hydrogen-bond donors (Lipinski definition) is 0. The first-order valence-electron chi connectivity index (χ1n) is 8.87. The summed E-state index contributed by atoms with van der Waals surface area (Å²) in [5.41, 5.74) is 0.924. The number of anilines is 1. The minimum absolute atomic E-state index is 0.0294. The topological polar surface area (TPSA) is 64.0 Å². The van der Waals surface area contributed by atoms with Crippen LogP contribution >= 0.6 is 23.1 Å². The zero-order chi connectivity index (χ0) is 18.9. The zero-order valence-corrected chi connectivity index (χ0v) is 18.0. The van der Waals surface area contributed by atoms with E-state index in [-0.39, 0.29) is 10.8 Å². The lowest BCUT2D eigenvalue weighted by Crippen LogP contribution is -2.36. The van der Waals surface area contributed by atoms with Gasteiger partial charge in [-0.2, -0.15) is 0 Å². The summed E-state index contributed by atoms with van der Waals surface area (Å²) in [5, 5.41) is 10.6. The lowest BCUT2D eigenvalue weighted by molar-refractivity contribution is 0.122. The maximum atomic E-state index is 5.41. The highest BCUT2D eigenvalue weighted by Gasteiger charge is 2.24. The fourth-order valence-corrected chi connectivity index (χ4v) is 4.25. The van der Waals surface area contributed by atoms with Gasteiger partial charge in [-0.05, 0) is 17.8 Å². The van der Waals surface area contributed by atoms with E-state index in [9.17, 15) is 0 Å². The minimum Gasteiger partial charge on any atom is -0.378 e. The van der Waals surface area contributed by atoms with Gasteiger partial charge in [-0.15, -0.1) is 10.2 Å². The van der Waals surface area contributed by atoms with Crippen molar-refractivity contribution in [1.82, 2.24) is 20.2 Å². The van der Waals surface area contributed by atoms with Crippen LogP contribution in [0.5, 0.6) is 0 Å². The standard InChI is InChI=1S/C18H27N5OS2/c1-17(2,3)12-11-13(20-14(19-12)18(4,5)6)25-16-22-21-15(26-16)23-7-9-24-10-8-23/h11H,7-10H2,1-6H3. The van der Waals surface area contributed by atoms with Crippen LogP contribution < -0.4 is 4.90 Å². The van der Waals surface area contributed by atoms with Crippen LogP contribution in [0.4, 0.5) is 5.13 Å². The molecule has 2 aromatic heterocycles. The number of ether oxygens (including phenoxy) is 1. The Bertz CT molecular complexity index is 725. The Hall–Kier alpha value is -1.25. The Labute approximate surface area is 163 Å². The van der Waals surface area contributed by atoms with Gasteiger partial charge in [0.05, 0.1) is 18.9 Å². The van der Waals surface area contributed by atoms with Crippen molar-refractivity contribution in [2.24, 2.45) is 0 Å². The molecule has 0 radical (unpaired) electrons. The van der Waals surface area contributed by atoms with Crippen LogP contribution in [0.3, 0.4) is 0 Å². The maximum absolute atomic E-state index is 5.41. The molecule has 1 saturated heterocycles. The summed E-state index contributed by atoms with van der Waals surface area (Å²) < 4.78 is 6.31. The molecule has 0 atom stereocenters. The molecule has 0 bridgehead atoms. The smallest absolute Gasteiger partial charge is 0.209 e. The van der Waals surface area contributed by atoms with E-state index in [2.05, 4.69) is 62.7 Å². The number of rotatable bonds is 3. The molecule has 1 fully saturated rings. The van der Waals surface area contributed by atoms with Crippen LogP contribution in [0.2, 0.25) is 0 Å². The van der Waals surface area contributed by atoms with Gasteiger partial charge in [0.2, 0.25) is 5.13 Å². The number of morpholine rings is 1. The van der Waals surface area contributed by atoms with E-state index >= 15 is 0 Å². The Morgan fingerprint density at radius 3 is 2.31 bits per heavy atom. The first-order valence-corrected chi connectivity index (χ1v) is 10.5. The van der Waals surface area contributed by atoms with Crippen molar-refractivity contribution in [3.05, 3.63) is 17.6 Å². The molecule has 1 aliphatic rings. The fraction of sp³-hybridized carbons (Fsp3) is 0.667. The molecule has 0 unspecified atom stereocenters. The molecule has 0 amide bonds. The van der Waals surface area contributed by atoms with Gasteiger partial charge in [0.15, 0.2) is 4.34 Å². The number of nitrogens with zero attached hydrogens (tertiary/aromatic N) is 5. The molecule has 8 heteroatoms. The summed E-state index contributed by atoms with van der Waals surface area (Å²) in [4.78, 5) is 11.8. The fourth-order valence-electron chi connectivity index (χ4n) is 2.41. The van der Waals surface area contributed by atoms with Gasteiger partial charge in [-0.3, -0.25) is 0 Å². The third-order valence-electron chi connectivity index (χ3n) is 4.01. The summed E-state index contributed by atoms with van der Waals surface area (Å²) in [6.45, 7) is 16.2. The molecule has 3 heterocycles. The van der Waals surface area contributed by atoms with Crippen LogP contribution in [0.1, 0.15) is 53.1 Å². The summed E-state index contributed by atoms with van der Waals surface area (Å²) in [7, 11) is 0. The zero-order valence-electron chi connectivity index (χ0n) is 16.4. The predicted molar refractivity (Wildman–Crippen MR) is 106 cm³/mol. The summed E-state index contributed by atoms with van der Waals surface area (Å²) >= 11 is 3.18. The Kier molecular flexibility index (Phi) is 5.55. The van der Waals surface area contributed by atoms with E-state index in [1.54, 1.807) is 23.1 Å². The molecule has 3 rings (SSSR count). The number of hydrogen-bond acceptors (Lipinski definition) is 8. The minimum atomic E-state index is -0.101. The Morgan fingerprint density at radius 2 is 1.69 bits per heavy atom. The molecule has 0 aliphatic carbocycles. The maximum Gasteiger partial charge on any atom is 0.209 e. The van der Waals surface area contributed by atoms with Gasteiger partial charge in [0, 0.05) is 23.9 Å². The van der Waals surface area contributed by atoms with Crippen LogP contribution in [0.25, 0.3) is 0 Å². The van der Waals surface area contributed by atoms with Crippen molar-refractivity contribution >= 4 is 28.2 Å². The normalized spacial score (nSPS) is 16.2. The van der Waals surface area contributed by atoms with Crippen LogP contribution in [-0.4, -0.2) is 46.5 Å². The largest absolute Gasteiger partial charge is 0.378 e. The average Bonchev–Trinajstić information content (AvgIpc) is 3.02. The van der Waals surface area contributed by atoms with Crippen LogP contribution in [0.15, 0.2) is 15.4 Å². The molecule has 0 N–H and O–H groups in total. The van der Waals surface area contributed by atoms with Crippen LogP contribution in [-0.2, 0) is 15.6 Å². The second kappa shape index (κ2) is 7.40. The molecule has 0 saturated carbocycles. The van der Waals surface area contributed by atoms with E-state index in [4.69, 9.17) is 14.7 Å². The van der Waals surface area contributed by atoms with Crippen LogP contribution in [0, 0.1) is 0 Å². The van der Waals surface area contributed by atoms with Gasteiger partial charge < -0.3 is 9.64 Å². The van der Waals surface area contributed by atoms with Gasteiger partial charge in [-0.25, -0.2) is 9.97 Å². The second-order valence-electron chi connectivity index (χ2n) is 8.47. The molecule has 0 spiro atoms. The van der Waals surface area contributed by atoms with Gasteiger partial charge in [0.1, 0.15) is 10.9 Å². The van der Waals surface area contributed by atoms with E-state index in [1.165, 1.54) is 0 Å². The highest BCUT2D eigenvalue weighted by Crippen LogP contribution is 2.35. The van der Waals surface area contributed by atoms with Crippen molar-refractivity contribution in [3.63, 3.8) is 0 Å². The van der Waals surface area contributed by atoms with Gasteiger partial charge in [-0.1, -0.05) is 52.9 Å². The second-order valence-corrected chi connectivity index (χ2v) is 10.7. The monoisotopic (exact) mass is 393 g/mol. The Morgan fingerprint density at radius 1 is 1.00 bits per heavy atom. The molecular formula is C18H27N5OS2. The van der Waals surface area contributed by atoms with Crippen molar-refractivity contribution in [1.29, 1.82) is 0 Å². The summed E-state index contributed by atoms with van der Waals surface area (Å²) in [6, 6.07) is 2.08. The lowest BCUT2D eigenvalue weighted by atomic mass is 9.90. The molecule has 6 nitrogen and oxygen atoms in total. The average molecular weight is 394 g/mol. The molecule has 142 valence electrons. The highest BCUT2D eigenvalue weighted by atomic mass is 32.2. The van der Waals surface area contributed by atoms with E-state index < -0.39 is 0 Å². The van der Waals surface area contributed by atoms with Crippen molar-refractivity contribution in [2.75, 3.05) is 31.2 Å². The molecule has 2 aromatic rings. The van der Waals surface area contributed by atoms with E-state index in [0.29, 0.717) is 0 Å². The third-order valence-corrected chi connectivity index (χ3v) is 5.96. The number of aromatic nitrogens is 4. The van der Waals surface area contributed by atoms with Crippen molar-refractivity contribution in [2.45, 2.75) is 61.7 Å². The van der Waals surface area contributed by atoms with Crippen molar-refractivity contribution in [3.8, 4) is 0 Å². The van der Waals surface area contributed by atoms with E-state index in [0.717, 1.165) is 52.3 Å². The first-order chi connectivity index (χ1) is 12.1. The molecular weight excluding hydrogens is 366 g/mol. The quantitative estimate of drug-likeness (QED) is 0.733. The first kappa shape index (κ1) is 19.5. The lowest BCUT2D eigenvalue weighted by Gasteiger charge is -2.25. The predicted octanol–water partition coefficient (Wildman–Crippen LogP) is 3.91. The van der Waals surface area contributed by atoms with E-state index in [1.807, 2.05) is 0 Å². The molecule has 1 aliphatic heterocycles.